The van der Waals surface area contributed by atoms with E-state index < -0.39 is 0 Å². The van der Waals surface area contributed by atoms with Crippen LogP contribution in [-0.4, -0.2) is 12.1 Å². The second kappa shape index (κ2) is 5.06. The molecule has 0 saturated heterocycles. The number of ether oxygens (including phenoxy) is 1. The predicted octanol–water partition coefficient (Wildman–Crippen LogP) is 2.03. The number of anilines is 1. The second-order valence-corrected chi connectivity index (χ2v) is 4.15. The van der Waals surface area contributed by atoms with Gasteiger partial charge in [0.1, 0.15) is 11.6 Å². The Bertz CT molecular complexity index is 534. The fourth-order valence-corrected chi connectivity index (χ4v) is 2.07. The zero-order valence-corrected chi connectivity index (χ0v) is 10.6. The van der Waals surface area contributed by atoms with Crippen LogP contribution in [-0.2, 0) is 0 Å². The third kappa shape index (κ3) is 2.15. The van der Waals surface area contributed by atoms with E-state index in [1.807, 2.05) is 37.3 Å². The third-order valence-corrected chi connectivity index (χ3v) is 3.02. The number of benzene rings is 1. The van der Waals surface area contributed by atoms with Crippen molar-refractivity contribution >= 4 is 5.82 Å². The Balaban J connectivity index is 2.51. The molecule has 0 bridgehead atoms. The van der Waals surface area contributed by atoms with E-state index in [9.17, 15) is 0 Å². The first kappa shape index (κ1) is 12.4. The van der Waals surface area contributed by atoms with Gasteiger partial charge in [-0.1, -0.05) is 18.2 Å². The Hall–Kier alpha value is -2.07. The molecule has 1 unspecified atom stereocenters. The van der Waals surface area contributed by atoms with Crippen molar-refractivity contribution in [2.75, 3.05) is 12.8 Å². The number of aromatic nitrogens is 1. The molecule has 1 atom stereocenters. The van der Waals surface area contributed by atoms with Gasteiger partial charge in [-0.2, -0.15) is 0 Å². The van der Waals surface area contributed by atoms with Crippen LogP contribution in [0.1, 0.15) is 22.7 Å². The molecule has 4 N–H and O–H groups in total. The quantitative estimate of drug-likeness (QED) is 0.865. The van der Waals surface area contributed by atoms with Crippen molar-refractivity contribution in [2.45, 2.75) is 13.0 Å². The molecule has 0 aliphatic heterocycles. The van der Waals surface area contributed by atoms with Gasteiger partial charge in [0.15, 0.2) is 0 Å². The molecule has 0 amide bonds. The van der Waals surface area contributed by atoms with Crippen LogP contribution < -0.4 is 16.2 Å². The van der Waals surface area contributed by atoms with Gasteiger partial charge in [-0.25, -0.2) is 4.98 Å². The van der Waals surface area contributed by atoms with Gasteiger partial charge in [-0.3, -0.25) is 0 Å². The van der Waals surface area contributed by atoms with Crippen LogP contribution in [0.2, 0.25) is 0 Å². The minimum Gasteiger partial charge on any atom is -0.496 e. The lowest BCUT2D eigenvalue weighted by Crippen LogP contribution is -2.17. The predicted molar refractivity (Wildman–Crippen MR) is 72.4 cm³/mol. The molecule has 0 fully saturated rings. The minimum absolute atomic E-state index is 0.338. The number of pyridine rings is 1. The number of para-hydroxylation sites is 1. The van der Waals surface area contributed by atoms with Crippen molar-refractivity contribution in [1.82, 2.24) is 4.98 Å². The first-order chi connectivity index (χ1) is 8.65. The molecule has 0 aliphatic rings. The van der Waals surface area contributed by atoms with Gasteiger partial charge in [-0.15, -0.1) is 0 Å². The number of nitrogens with zero attached hydrogens (tertiary/aromatic N) is 1. The van der Waals surface area contributed by atoms with Crippen LogP contribution in [0.5, 0.6) is 5.75 Å². The maximum absolute atomic E-state index is 6.29. The van der Waals surface area contributed by atoms with Crippen molar-refractivity contribution in [3.63, 3.8) is 0 Å². The summed E-state index contributed by atoms with van der Waals surface area (Å²) in [6.45, 7) is 1.97. The van der Waals surface area contributed by atoms with Gasteiger partial charge in [0.05, 0.1) is 13.2 Å². The topological polar surface area (TPSA) is 74.2 Å². The van der Waals surface area contributed by atoms with E-state index in [0.717, 1.165) is 22.4 Å². The van der Waals surface area contributed by atoms with Crippen molar-refractivity contribution in [3.8, 4) is 5.75 Å². The summed E-state index contributed by atoms with van der Waals surface area (Å²) >= 11 is 0. The lowest BCUT2D eigenvalue weighted by molar-refractivity contribution is 0.408. The monoisotopic (exact) mass is 243 g/mol. The number of rotatable bonds is 3. The van der Waals surface area contributed by atoms with Gasteiger partial charge in [-0.05, 0) is 24.6 Å². The van der Waals surface area contributed by atoms with Crippen molar-refractivity contribution in [2.24, 2.45) is 5.73 Å². The standard InChI is InChI=1S/C14H17N3O/c1-9-7-8-17-14(16)12(9)13(15)10-5-3-4-6-11(10)18-2/h3-8,13H,15H2,1-2H3,(H2,16,17). The molecule has 0 radical (unpaired) electrons. The highest BCUT2D eigenvalue weighted by molar-refractivity contribution is 5.52. The van der Waals surface area contributed by atoms with Crippen LogP contribution in [0.4, 0.5) is 5.82 Å². The molecule has 0 saturated carbocycles. The molecule has 1 aromatic heterocycles. The van der Waals surface area contributed by atoms with Gasteiger partial charge >= 0.3 is 0 Å². The number of hydrogen-bond donors (Lipinski definition) is 2. The summed E-state index contributed by atoms with van der Waals surface area (Å²) in [5.74, 6) is 1.22. The number of nitrogen functional groups attached to an aromatic ring is 1. The molecule has 0 spiro atoms. The van der Waals surface area contributed by atoms with E-state index in [-0.39, 0.29) is 6.04 Å². The van der Waals surface area contributed by atoms with Crippen LogP contribution in [0.15, 0.2) is 36.5 Å². The van der Waals surface area contributed by atoms with Crippen molar-refractivity contribution in [3.05, 3.63) is 53.2 Å². The van der Waals surface area contributed by atoms with Crippen LogP contribution >= 0.6 is 0 Å². The summed E-state index contributed by atoms with van der Waals surface area (Å²) < 4.78 is 5.33. The average molecular weight is 243 g/mol. The van der Waals surface area contributed by atoms with Gasteiger partial charge in [0.25, 0.3) is 0 Å². The Morgan fingerprint density at radius 1 is 1.22 bits per heavy atom. The fourth-order valence-electron chi connectivity index (χ4n) is 2.07. The van der Waals surface area contributed by atoms with Gasteiger partial charge in [0.2, 0.25) is 0 Å². The number of aryl methyl sites for hydroxylation is 1. The third-order valence-electron chi connectivity index (χ3n) is 3.02. The minimum atomic E-state index is -0.338. The number of methoxy groups -OCH3 is 1. The zero-order valence-electron chi connectivity index (χ0n) is 10.6. The molecule has 18 heavy (non-hydrogen) atoms. The smallest absolute Gasteiger partial charge is 0.128 e. The molecule has 1 aromatic carbocycles. The summed E-state index contributed by atoms with van der Waals surface area (Å²) in [4.78, 5) is 4.10. The summed E-state index contributed by atoms with van der Waals surface area (Å²) in [7, 11) is 1.63. The molecule has 0 aliphatic carbocycles. The van der Waals surface area contributed by atoms with E-state index >= 15 is 0 Å². The summed E-state index contributed by atoms with van der Waals surface area (Å²) in [6, 6.07) is 9.23. The first-order valence-electron chi connectivity index (χ1n) is 5.74. The summed E-state index contributed by atoms with van der Waals surface area (Å²) in [5, 5.41) is 0. The van der Waals surface area contributed by atoms with Crippen molar-refractivity contribution in [1.29, 1.82) is 0 Å². The normalized spacial score (nSPS) is 12.2. The van der Waals surface area contributed by atoms with Gasteiger partial charge in [0, 0.05) is 17.3 Å². The van der Waals surface area contributed by atoms with E-state index in [1.165, 1.54) is 0 Å². The Kier molecular flexibility index (Phi) is 3.48. The maximum atomic E-state index is 6.29. The largest absolute Gasteiger partial charge is 0.496 e. The first-order valence-corrected chi connectivity index (χ1v) is 5.74. The lowest BCUT2D eigenvalue weighted by atomic mass is 9.96. The summed E-state index contributed by atoms with van der Waals surface area (Å²) in [5.41, 5.74) is 15.0. The number of nitrogens with two attached hydrogens (primary N) is 2. The Morgan fingerprint density at radius 3 is 2.61 bits per heavy atom. The fraction of sp³-hybridized carbons (Fsp3) is 0.214. The van der Waals surface area contributed by atoms with Gasteiger partial charge < -0.3 is 16.2 Å². The van der Waals surface area contributed by atoms with Crippen LogP contribution in [0.3, 0.4) is 0 Å². The molecule has 94 valence electrons. The van der Waals surface area contributed by atoms with Crippen LogP contribution in [0, 0.1) is 6.92 Å². The maximum Gasteiger partial charge on any atom is 0.128 e. The van der Waals surface area contributed by atoms with Crippen LogP contribution in [0.25, 0.3) is 0 Å². The van der Waals surface area contributed by atoms with Crippen molar-refractivity contribution < 1.29 is 4.74 Å². The summed E-state index contributed by atoms with van der Waals surface area (Å²) in [6.07, 6.45) is 1.68. The highest BCUT2D eigenvalue weighted by atomic mass is 16.5. The molecular formula is C14H17N3O. The van der Waals surface area contributed by atoms with E-state index in [4.69, 9.17) is 16.2 Å². The van der Waals surface area contributed by atoms with E-state index in [1.54, 1.807) is 13.3 Å². The Labute approximate surface area is 107 Å². The highest BCUT2D eigenvalue weighted by Crippen LogP contribution is 2.31. The molecule has 2 rings (SSSR count). The zero-order chi connectivity index (χ0) is 13.1. The molecule has 4 heteroatoms. The second-order valence-electron chi connectivity index (χ2n) is 4.15. The highest BCUT2D eigenvalue weighted by Gasteiger charge is 2.18. The Morgan fingerprint density at radius 2 is 1.94 bits per heavy atom. The molecule has 1 heterocycles. The SMILES string of the molecule is COc1ccccc1C(N)c1c(C)ccnc1N. The average Bonchev–Trinajstić information content (AvgIpc) is 2.38. The lowest BCUT2D eigenvalue weighted by Gasteiger charge is -2.19. The molecule has 4 nitrogen and oxygen atoms in total. The van der Waals surface area contributed by atoms with E-state index in [2.05, 4.69) is 4.98 Å². The van der Waals surface area contributed by atoms with E-state index in [0.29, 0.717) is 5.82 Å². The molecular weight excluding hydrogens is 226 g/mol. The molecule has 2 aromatic rings. The number of hydrogen-bond acceptors (Lipinski definition) is 4.